The first-order chi connectivity index (χ1) is 9.72. The van der Waals surface area contributed by atoms with Crippen molar-refractivity contribution in [2.45, 2.75) is 5.62 Å². The van der Waals surface area contributed by atoms with Crippen molar-refractivity contribution in [2.24, 2.45) is 9.98 Å². The summed E-state index contributed by atoms with van der Waals surface area (Å²) in [6.45, 7) is 0. The van der Waals surface area contributed by atoms with Gasteiger partial charge in [-0.2, -0.15) is 0 Å². The van der Waals surface area contributed by atoms with E-state index in [4.69, 9.17) is 23.2 Å². The third-order valence-corrected chi connectivity index (χ3v) is 3.28. The fraction of sp³-hybridized carbons (Fsp3) is 0.0667. The smallest absolute Gasteiger partial charge is 0.219 e. The number of benzene rings is 2. The van der Waals surface area contributed by atoms with Crippen molar-refractivity contribution in [1.29, 1.82) is 0 Å². The fourth-order valence-electron chi connectivity index (χ4n) is 1.94. The van der Waals surface area contributed by atoms with Gasteiger partial charge >= 0.3 is 0 Å². The summed E-state index contributed by atoms with van der Waals surface area (Å²) in [6, 6.07) is 17.3. The third kappa shape index (κ3) is 2.84. The lowest BCUT2D eigenvalue weighted by molar-refractivity contribution is 0.927. The molecular weight excluding hydrogens is 293 g/mol. The molecule has 1 aliphatic heterocycles. The number of aliphatic imine (C=N–C) groups is 2. The first-order valence-corrected chi connectivity index (χ1v) is 6.92. The van der Waals surface area contributed by atoms with Crippen LogP contribution in [0.4, 0.5) is 0 Å². The van der Waals surface area contributed by atoms with Gasteiger partial charge in [0.2, 0.25) is 5.62 Å². The van der Waals surface area contributed by atoms with Crippen molar-refractivity contribution >= 4 is 34.9 Å². The van der Waals surface area contributed by atoms with Gasteiger partial charge in [0.05, 0.1) is 0 Å². The van der Waals surface area contributed by atoms with Gasteiger partial charge in [0.1, 0.15) is 11.7 Å². The van der Waals surface area contributed by atoms with Crippen molar-refractivity contribution in [3.05, 3.63) is 70.7 Å². The van der Waals surface area contributed by atoms with E-state index in [-0.39, 0.29) is 0 Å². The van der Waals surface area contributed by atoms with Gasteiger partial charge in [-0.25, -0.2) is 9.98 Å². The minimum atomic E-state index is -0.638. The molecule has 0 radical (unpaired) electrons. The van der Waals surface area contributed by atoms with E-state index in [0.29, 0.717) is 16.7 Å². The monoisotopic (exact) mass is 303 g/mol. The topological polar surface area (TPSA) is 36.8 Å². The van der Waals surface area contributed by atoms with Crippen LogP contribution in [0.3, 0.4) is 0 Å². The molecule has 1 N–H and O–H groups in total. The van der Waals surface area contributed by atoms with Gasteiger partial charge in [-0.3, -0.25) is 0 Å². The summed E-state index contributed by atoms with van der Waals surface area (Å²) >= 11 is 12.1. The lowest BCUT2D eigenvalue weighted by atomic mass is 10.1. The minimum Gasteiger partial charge on any atom is -0.324 e. The number of nitrogens with zero attached hydrogens (tertiary/aromatic N) is 2. The van der Waals surface area contributed by atoms with Crippen molar-refractivity contribution in [3.8, 4) is 0 Å². The first kappa shape index (κ1) is 13.2. The Bertz CT molecular complexity index is 681. The third-order valence-electron chi connectivity index (χ3n) is 2.85. The van der Waals surface area contributed by atoms with E-state index < -0.39 is 5.62 Å². The summed E-state index contributed by atoms with van der Waals surface area (Å²) in [6.07, 6.45) is 0. The Hall–Kier alpha value is -1.84. The second kappa shape index (κ2) is 5.65. The zero-order chi connectivity index (χ0) is 13.9. The van der Waals surface area contributed by atoms with Crippen LogP contribution < -0.4 is 5.32 Å². The highest BCUT2D eigenvalue weighted by Crippen LogP contribution is 2.16. The quantitative estimate of drug-likeness (QED) is 0.667. The van der Waals surface area contributed by atoms with Crippen LogP contribution in [0.1, 0.15) is 11.1 Å². The normalized spacial score (nSPS) is 18.0. The Kier molecular flexibility index (Phi) is 3.72. The predicted molar refractivity (Wildman–Crippen MR) is 83.7 cm³/mol. The van der Waals surface area contributed by atoms with E-state index in [1.165, 1.54) is 0 Å². The molecule has 0 saturated carbocycles. The number of alkyl halides is 1. The van der Waals surface area contributed by atoms with Crippen LogP contribution in [-0.2, 0) is 0 Å². The van der Waals surface area contributed by atoms with Gasteiger partial charge < -0.3 is 5.32 Å². The van der Waals surface area contributed by atoms with Crippen LogP contribution in [-0.4, -0.2) is 17.3 Å². The molecular formula is C15H11Cl2N3. The molecule has 2 aromatic rings. The lowest BCUT2D eigenvalue weighted by Crippen LogP contribution is -2.36. The zero-order valence-electron chi connectivity index (χ0n) is 10.4. The second-order valence-electron chi connectivity index (χ2n) is 4.27. The van der Waals surface area contributed by atoms with E-state index in [0.717, 1.165) is 11.1 Å². The van der Waals surface area contributed by atoms with Gasteiger partial charge in [-0.05, 0) is 12.1 Å². The summed E-state index contributed by atoms with van der Waals surface area (Å²) < 4.78 is 0. The Morgan fingerprint density at radius 3 is 2.20 bits per heavy atom. The van der Waals surface area contributed by atoms with E-state index in [1.807, 2.05) is 54.6 Å². The van der Waals surface area contributed by atoms with Crippen LogP contribution in [0.25, 0.3) is 0 Å². The molecule has 5 heteroatoms. The zero-order valence-corrected chi connectivity index (χ0v) is 11.9. The number of rotatable bonds is 2. The number of nitrogens with one attached hydrogen (secondary N) is 1. The van der Waals surface area contributed by atoms with Crippen LogP contribution in [0, 0.1) is 0 Å². The van der Waals surface area contributed by atoms with E-state index in [9.17, 15) is 0 Å². The van der Waals surface area contributed by atoms with Crippen molar-refractivity contribution in [1.82, 2.24) is 5.32 Å². The average Bonchev–Trinajstić information content (AvgIpc) is 2.47. The SMILES string of the molecule is Clc1cccc(C2=NC(Cl)N=C(c3ccccc3)N2)c1. The molecule has 3 rings (SSSR count). The largest absolute Gasteiger partial charge is 0.324 e. The lowest BCUT2D eigenvalue weighted by Gasteiger charge is -2.19. The maximum Gasteiger partial charge on any atom is 0.219 e. The second-order valence-corrected chi connectivity index (χ2v) is 5.09. The van der Waals surface area contributed by atoms with Gasteiger partial charge in [0, 0.05) is 16.1 Å². The molecule has 2 aromatic carbocycles. The van der Waals surface area contributed by atoms with Gasteiger partial charge in [-0.1, -0.05) is 65.7 Å². The Morgan fingerprint density at radius 2 is 1.50 bits per heavy atom. The average molecular weight is 304 g/mol. The van der Waals surface area contributed by atoms with E-state index >= 15 is 0 Å². The summed E-state index contributed by atoms with van der Waals surface area (Å²) in [7, 11) is 0. The summed E-state index contributed by atoms with van der Waals surface area (Å²) in [4.78, 5) is 8.60. The van der Waals surface area contributed by atoms with E-state index in [1.54, 1.807) is 0 Å². The minimum absolute atomic E-state index is 0.638. The fourth-order valence-corrected chi connectivity index (χ4v) is 2.33. The number of hydrogen-bond acceptors (Lipinski definition) is 3. The maximum atomic E-state index is 6.10. The van der Waals surface area contributed by atoms with Gasteiger partial charge in [0.15, 0.2) is 0 Å². The van der Waals surface area contributed by atoms with Crippen LogP contribution in [0.5, 0.6) is 0 Å². The highest BCUT2D eigenvalue weighted by molar-refractivity contribution is 6.31. The molecule has 1 heterocycles. The standard InChI is InChI=1S/C15H11Cl2N3/c16-12-8-4-7-11(9-12)14-18-13(19-15(17)20-14)10-5-2-1-3-6-10/h1-9,15H,(H,18,19,20). The van der Waals surface area contributed by atoms with Crippen LogP contribution in [0.15, 0.2) is 64.6 Å². The molecule has 1 aliphatic rings. The molecule has 0 fully saturated rings. The van der Waals surface area contributed by atoms with Gasteiger partial charge in [0.25, 0.3) is 0 Å². The first-order valence-electron chi connectivity index (χ1n) is 6.10. The number of hydrogen-bond donors (Lipinski definition) is 1. The molecule has 1 unspecified atom stereocenters. The summed E-state index contributed by atoms with van der Waals surface area (Å²) in [5.74, 6) is 1.37. The summed E-state index contributed by atoms with van der Waals surface area (Å²) in [5.41, 5.74) is 1.21. The van der Waals surface area contributed by atoms with Crippen molar-refractivity contribution in [3.63, 3.8) is 0 Å². The Morgan fingerprint density at radius 1 is 0.850 bits per heavy atom. The van der Waals surface area contributed by atoms with Crippen LogP contribution in [0.2, 0.25) is 5.02 Å². The molecule has 0 saturated heterocycles. The Labute approximate surface area is 127 Å². The number of halogens is 2. The summed E-state index contributed by atoms with van der Waals surface area (Å²) in [5, 5.41) is 3.86. The molecule has 0 aromatic heterocycles. The van der Waals surface area contributed by atoms with Crippen molar-refractivity contribution < 1.29 is 0 Å². The van der Waals surface area contributed by atoms with Gasteiger partial charge in [-0.15, -0.1) is 0 Å². The highest BCUT2D eigenvalue weighted by Gasteiger charge is 2.17. The van der Waals surface area contributed by atoms with Crippen molar-refractivity contribution in [2.75, 3.05) is 0 Å². The molecule has 0 spiro atoms. The molecule has 0 aliphatic carbocycles. The molecule has 3 nitrogen and oxygen atoms in total. The number of amidine groups is 2. The maximum absolute atomic E-state index is 6.10. The molecule has 20 heavy (non-hydrogen) atoms. The molecule has 100 valence electrons. The molecule has 0 bridgehead atoms. The molecule has 0 amide bonds. The van der Waals surface area contributed by atoms with E-state index in [2.05, 4.69) is 15.3 Å². The Balaban J connectivity index is 1.93. The predicted octanol–water partition coefficient (Wildman–Crippen LogP) is 3.66. The highest BCUT2D eigenvalue weighted by atomic mass is 35.5. The van der Waals surface area contributed by atoms with Crippen LogP contribution >= 0.6 is 23.2 Å². The molecule has 1 atom stereocenters.